The molecule has 3 aromatic rings. The molecule has 132 valence electrons. The van der Waals surface area contributed by atoms with Gasteiger partial charge in [0.2, 0.25) is 11.7 Å². The first kappa shape index (κ1) is 16.2. The van der Waals surface area contributed by atoms with Crippen LogP contribution in [0, 0.1) is 19.8 Å². The van der Waals surface area contributed by atoms with E-state index in [2.05, 4.69) is 25.7 Å². The van der Waals surface area contributed by atoms with E-state index in [0.717, 1.165) is 24.2 Å². The number of aryl methyl sites for hydroxylation is 2. The molecule has 0 atom stereocenters. The Morgan fingerprint density at radius 3 is 2.54 bits per heavy atom. The number of hydrogen-bond donors (Lipinski definition) is 2. The van der Waals surface area contributed by atoms with E-state index in [1.54, 1.807) is 24.3 Å². The normalized spacial score (nSPS) is 13.6. The van der Waals surface area contributed by atoms with Gasteiger partial charge in [0.05, 0.1) is 0 Å². The van der Waals surface area contributed by atoms with Gasteiger partial charge in [0, 0.05) is 28.7 Å². The first-order valence-electron chi connectivity index (χ1n) is 8.43. The molecule has 8 nitrogen and oxygen atoms in total. The fraction of sp³-hybridized carbons (Fsp3) is 0.278. The second-order valence-corrected chi connectivity index (χ2v) is 6.48. The Morgan fingerprint density at radius 1 is 1.08 bits per heavy atom. The minimum atomic E-state index is -0.432. The van der Waals surface area contributed by atoms with Gasteiger partial charge in [-0.3, -0.25) is 9.59 Å². The van der Waals surface area contributed by atoms with Gasteiger partial charge in [-0.1, -0.05) is 6.07 Å². The topological polar surface area (TPSA) is 101 Å². The van der Waals surface area contributed by atoms with E-state index in [4.69, 9.17) is 0 Å². The lowest BCUT2D eigenvalue weighted by Crippen LogP contribution is -2.15. The van der Waals surface area contributed by atoms with Crippen molar-refractivity contribution in [3.63, 3.8) is 0 Å². The fourth-order valence-electron chi connectivity index (χ4n) is 2.71. The van der Waals surface area contributed by atoms with Crippen molar-refractivity contribution in [3.05, 3.63) is 47.5 Å². The Kier molecular flexibility index (Phi) is 3.87. The monoisotopic (exact) mass is 350 g/mol. The van der Waals surface area contributed by atoms with Crippen molar-refractivity contribution in [1.29, 1.82) is 0 Å². The Morgan fingerprint density at radius 2 is 1.81 bits per heavy atom. The second-order valence-electron chi connectivity index (χ2n) is 6.48. The average Bonchev–Trinajstić information content (AvgIpc) is 3.35. The van der Waals surface area contributed by atoms with Gasteiger partial charge < -0.3 is 10.6 Å². The third-order valence-electron chi connectivity index (χ3n) is 4.16. The van der Waals surface area contributed by atoms with Crippen LogP contribution >= 0.6 is 0 Å². The lowest BCUT2D eigenvalue weighted by molar-refractivity contribution is -0.117. The molecule has 2 heterocycles. The van der Waals surface area contributed by atoms with E-state index in [9.17, 15) is 9.59 Å². The zero-order chi connectivity index (χ0) is 18.3. The number of fused-ring (bicyclic) bond motifs is 1. The van der Waals surface area contributed by atoms with E-state index in [1.165, 1.54) is 4.52 Å². The summed E-state index contributed by atoms with van der Waals surface area (Å²) in [7, 11) is 0. The molecular weight excluding hydrogens is 332 g/mol. The van der Waals surface area contributed by atoms with Crippen molar-refractivity contribution in [1.82, 2.24) is 19.6 Å². The molecule has 2 aromatic heterocycles. The Balaban J connectivity index is 1.52. The van der Waals surface area contributed by atoms with Crippen molar-refractivity contribution < 1.29 is 9.59 Å². The van der Waals surface area contributed by atoms with Crippen LogP contribution in [0.25, 0.3) is 5.78 Å². The highest BCUT2D eigenvalue weighted by atomic mass is 16.2. The summed E-state index contributed by atoms with van der Waals surface area (Å²) in [6.07, 6.45) is 1.88. The summed E-state index contributed by atoms with van der Waals surface area (Å²) in [6, 6.07) is 8.88. The number of rotatable bonds is 4. The maximum Gasteiger partial charge on any atom is 0.295 e. The second kappa shape index (κ2) is 6.21. The molecule has 1 aliphatic rings. The zero-order valence-electron chi connectivity index (χ0n) is 14.5. The van der Waals surface area contributed by atoms with Gasteiger partial charge in [0.1, 0.15) is 0 Å². The van der Waals surface area contributed by atoms with Crippen molar-refractivity contribution in [2.24, 2.45) is 5.92 Å². The number of nitrogens with one attached hydrogen (secondary N) is 2. The lowest BCUT2D eigenvalue weighted by Gasteiger charge is -2.07. The number of aromatic nitrogens is 4. The number of carbonyl (C=O) groups excluding carboxylic acids is 2. The minimum Gasteiger partial charge on any atom is -0.326 e. The Labute approximate surface area is 149 Å². The van der Waals surface area contributed by atoms with Crippen molar-refractivity contribution in [3.8, 4) is 0 Å². The third-order valence-corrected chi connectivity index (χ3v) is 4.16. The maximum absolute atomic E-state index is 12.5. The van der Waals surface area contributed by atoms with Crippen LogP contribution in [0.4, 0.5) is 11.4 Å². The van der Waals surface area contributed by atoms with Crippen LogP contribution < -0.4 is 10.6 Å². The molecule has 0 bridgehead atoms. The zero-order valence-corrected chi connectivity index (χ0v) is 14.5. The molecular formula is C18H18N6O2. The molecule has 0 radical (unpaired) electrons. The van der Waals surface area contributed by atoms with Crippen LogP contribution in [0.15, 0.2) is 30.3 Å². The minimum absolute atomic E-state index is 0.0208. The molecule has 1 aromatic carbocycles. The predicted octanol–water partition coefficient (Wildman–Crippen LogP) is 2.34. The quantitative estimate of drug-likeness (QED) is 0.752. The number of anilines is 2. The molecule has 4 rings (SSSR count). The van der Waals surface area contributed by atoms with Crippen LogP contribution in [-0.4, -0.2) is 31.4 Å². The summed E-state index contributed by atoms with van der Waals surface area (Å²) in [5.74, 6) is 0.136. The van der Waals surface area contributed by atoms with Gasteiger partial charge in [-0.05, 0) is 51.0 Å². The van der Waals surface area contributed by atoms with Gasteiger partial charge in [-0.2, -0.15) is 4.98 Å². The number of carbonyl (C=O) groups is 2. The molecule has 1 fully saturated rings. The summed E-state index contributed by atoms with van der Waals surface area (Å²) in [6.45, 7) is 3.74. The number of amides is 2. The number of nitrogens with zero attached hydrogens (tertiary/aromatic N) is 4. The molecule has 2 amide bonds. The van der Waals surface area contributed by atoms with Gasteiger partial charge >= 0.3 is 0 Å². The van der Waals surface area contributed by atoms with Crippen molar-refractivity contribution in [2.75, 3.05) is 10.6 Å². The largest absolute Gasteiger partial charge is 0.326 e. The first-order valence-corrected chi connectivity index (χ1v) is 8.43. The van der Waals surface area contributed by atoms with Crippen LogP contribution in [-0.2, 0) is 4.79 Å². The number of hydrogen-bond acceptors (Lipinski definition) is 5. The summed E-state index contributed by atoms with van der Waals surface area (Å²) >= 11 is 0. The highest BCUT2D eigenvalue weighted by molar-refractivity contribution is 6.02. The van der Waals surface area contributed by atoms with Crippen LogP contribution in [0.2, 0.25) is 0 Å². The number of benzene rings is 1. The molecule has 26 heavy (non-hydrogen) atoms. The van der Waals surface area contributed by atoms with Gasteiger partial charge in [0.25, 0.3) is 11.7 Å². The highest BCUT2D eigenvalue weighted by Gasteiger charge is 2.29. The maximum atomic E-state index is 12.5. The summed E-state index contributed by atoms with van der Waals surface area (Å²) in [5.41, 5.74) is 2.87. The molecule has 1 aliphatic carbocycles. The summed E-state index contributed by atoms with van der Waals surface area (Å²) in [5, 5.41) is 9.83. The summed E-state index contributed by atoms with van der Waals surface area (Å²) < 4.78 is 1.54. The fourth-order valence-corrected chi connectivity index (χ4v) is 2.71. The predicted molar refractivity (Wildman–Crippen MR) is 96.0 cm³/mol. The average molecular weight is 350 g/mol. The molecule has 0 saturated heterocycles. The van der Waals surface area contributed by atoms with Crippen LogP contribution in [0.1, 0.15) is 34.8 Å². The van der Waals surface area contributed by atoms with Gasteiger partial charge in [-0.25, -0.2) is 9.50 Å². The van der Waals surface area contributed by atoms with Crippen LogP contribution in [0.5, 0.6) is 0 Å². The van der Waals surface area contributed by atoms with Crippen LogP contribution in [0.3, 0.4) is 0 Å². The standard InChI is InChI=1S/C18H18N6O2/c1-10-8-11(2)24-18(19-10)22-15(23-24)17(26)21-14-5-3-4-13(9-14)20-16(25)12-6-7-12/h3-5,8-9,12H,6-7H2,1-2H3,(H,20,25)(H,21,26). The van der Waals surface area contributed by atoms with Gasteiger partial charge in [-0.15, -0.1) is 5.10 Å². The van der Waals surface area contributed by atoms with E-state index in [1.807, 2.05) is 19.9 Å². The van der Waals surface area contributed by atoms with E-state index in [0.29, 0.717) is 17.2 Å². The Hall–Kier alpha value is -3.29. The van der Waals surface area contributed by atoms with E-state index >= 15 is 0 Å². The molecule has 0 unspecified atom stereocenters. The molecule has 0 spiro atoms. The molecule has 1 saturated carbocycles. The smallest absolute Gasteiger partial charge is 0.295 e. The van der Waals surface area contributed by atoms with E-state index in [-0.39, 0.29) is 17.6 Å². The van der Waals surface area contributed by atoms with Gasteiger partial charge in [0.15, 0.2) is 0 Å². The summed E-state index contributed by atoms with van der Waals surface area (Å²) in [4.78, 5) is 32.8. The van der Waals surface area contributed by atoms with E-state index < -0.39 is 5.91 Å². The molecule has 0 aliphatic heterocycles. The first-order chi connectivity index (χ1) is 12.5. The SMILES string of the molecule is Cc1cc(C)n2nc(C(=O)Nc3cccc(NC(=O)C4CC4)c3)nc2n1. The van der Waals surface area contributed by atoms with Crippen molar-refractivity contribution in [2.45, 2.75) is 26.7 Å². The molecule has 2 N–H and O–H groups in total. The Bertz CT molecular complexity index is 1020. The molecule has 8 heteroatoms. The lowest BCUT2D eigenvalue weighted by atomic mass is 10.2. The third kappa shape index (κ3) is 3.26. The van der Waals surface area contributed by atoms with Crippen molar-refractivity contribution >= 4 is 29.0 Å². The highest BCUT2D eigenvalue weighted by Crippen LogP contribution is 2.30.